The van der Waals surface area contributed by atoms with Crippen LogP contribution in [0.2, 0.25) is 0 Å². The summed E-state index contributed by atoms with van der Waals surface area (Å²) in [6, 6.07) is 13.4. The van der Waals surface area contributed by atoms with E-state index in [1.165, 1.54) is 12.1 Å². The SMILES string of the molecule is O=C1NC(c2ccc(F)cc2)=N/C1=C/c1cccc(Br)c1. The van der Waals surface area contributed by atoms with E-state index in [0.717, 1.165) is 10.0 Å². The molecule has 0 saturated carbocycles. The number of nitrogens with one attached hydrogen (secondary N) is 1. The average Bonchev–Trinajstić information content (AvgIpc) is 2.81. The van der Waals surface area contributed by atoms with Gasteiger partial charge in [-0.1, -0.05) is 28.1 Å². The average molecular weight is 345 g/mol. The molecule has 3 rings (SSSR count). The van der Waals surface area contributed by atoms with E-state index in [1.807, 2.05) is 24.3 Å². The van der Waals surface area contributed by atoms with E-state index in [9.17, 15) is 9.18 Å². The molecule has 3 nitrogen and oxygen atoms in total. The molecule has 1 aliphatic rings. The maximum atomic E-state index is 12.9. The van der Waals surface area contributed by atoms with Gasteiger partial charge in [0, 0.05) is 10.0 Å². The summed E-state index contributed by atoms with van der Waals surface area (Å²) in [4.78, 5) is 16.2. The summed E-state index contributed by atoms with van der Waals surface area (Å²) in [5.41, 5.74) is 1.87. The molecule has 0 atom stereocenters. The number of hydrogen-bond donors (Lipinski definition) is 1. The number of nitrogens with zero attached hydrogens (tertiary/aromatic N) is 1. The maximum absolute atomic E-state index is 12.9. The number of halogens is 2. The van der Waals surface area contributed by atoms with Crippen LogP contribution in [0.15, 0.2) is 63.7 Å². The summed E-state index contributed by atoms with van der Waals surface area (Å²) in [5, 5.41) is 2.68. The van der Waals surface area contributed by atoms with Gasteiger partial charge in [0.2, 0.25) is 0 Å². The highest BCUT2D eigenvalue weighted by Gasteiger charge is 2.20. The van der Waals surface area contributed by atoms with Crippen molar-refractivity contribution >= 4 is 33.7 Å². The molecule has 1 aliphatic heterocycles. The molecule has 5 heteroatoms. The first kappa shape index (κ1) is 13.7. The lowest BCUT2D eigenvalue weighted by atomic mass is 10.2. The third-order valence-corrected chi connectivity index (χ3v) is 3.46. The predicted molar refractivity (Wildman–Crippen MR) is 83.2 cm³/mol. The Balaban J connectivity index is 1.93. The van der Waals surface area contributed by atoms with Crippen molar-refractivity contribution in [1.82, 2.24) is 5.32 Å². The van der Waals surface area contributed by atoms with Crippen molar-refractivity contribution in [1.29, 1.82) is 0 Å². The van der Waals surface area contributed by atoms with E-state index in [4.69, 9.17) is 0 Å². The summed E-state index contributed by atoms with van der Waals surface area (Å²) >= 11 is 3.38. The van der Waals surface area contributed by atoms with E-state index < -0.39 is 0 Å². The Morgan fingerprint density at radius 2 is 1.90 bits per heavy atom. The Morgan fingerprint density at radius 1 is 1.14 bits per heavy atom. The van der Waals surface area contributed by atoms with Gasteiger partial charge in [-0.05, 0) is 48.0 Å². The van der Waals surface area contributed by atoms with E-state index >= 15 is 0 Å². The fourth-order valence-electron chi connectivity index (χ4n) is 1.97. The summed E-state index contributed by atoms with van der Waals surface area (Å²) in [7, 11) is 0. The Hall–Kier alpha value is -2.27. The normalized spacial score (nSPS) is 16.0. The smallest absolute Gasteiger partial charge is 0.275 e. The van der Waals surface area contributed by atoms with Crippen LogP contribution in [0.1, 0.15) is 11.1 Å². The second kappa shape index (κ2) is 5.61. The van der Waals surface area contributed by atoms with Crippen LogP contribution in [0.3, 0.4) is 0 Å². The summed E-state index contributed by atoms with van der Waals surface area (Å²) in [5.74, 6) is -0.163. The minimum atomic E-state index is -0.325. The Kier molecular flexibility index (Phi) is 3.66. The molecular formula is C16H10BrFN2O. The van der Waals surface area contributed by atoms with Crippen LogP contribution in [0.5, 0.6) is 0 Å². The molecule has 0 fully saturated rings. The molecule has 0 aromatic heterocycles. The number of hydrogen-bond acceptors (Lipinski definition) is 2. The third-order valence-electron chi connectivity index (χ3n) is 2.97. The fourth-order valence-corrected chi connectivity index (χ4v) is 2.38. The standard InChI is InChI=1S/C16H10BrFN2O/c17-12-3-1-2-10(8-12)9-14-16(21)20-15(19-14)11-4-6-13(18)7-5-11/h1-9H,(H,19,20,21)/b14-9+. The number of carbonyl (C=O) groups excluding carboxylic acids is 1. The van der Waals surface area contributed by atoms with E-state index in [0.29, 0.717) is 17.1 Å². The van der Waals surface area contributed by atoms with Gasteiger partial charge in [0.05, 0.1) is 0 Å². The molecule has 21 heavy (non-hydrogen) atoms. The minimum Gasteiger partial charge on any atom is -0.305 e. The lowest BCUT2D eigenvalue weighted by Crippen LogP contribution is -2.24. The van der Waals surface area contributed by atoms with Crippen molar-refractivity contribution in [2.75, 3.05) is 0 Å². The highest BCUT2D eigenvalue weighted by atomic mass is 79.9. The van der Waals surface area contributed by atoms with Gasteiger partial charge in [-0.3, -0.25) is 4.79 Å². The van der Waals surface area contributed by atoms with Gasteiger partial charge in [-0.25, -0.2) is 9.38 Å². The van der Waals surface area contributed by atoms with E-state index in [-0.39, 0.29) is 11.7 Å². The molecule has 1 heterocycles. The molecule has 104 valence electrons. The van der Waals surface area contributed by atoms with Gasteiger partial charge in [0.25, 0.3) is 5.91 Å². The molecule has 1 amide bonds. The molecular weight excluding hydrogens is 335 g/mol. The third kappa shape index (κ3) is 3.08. The summed E-state index contributed by atoms with van der Waals surface area (Å²) in [6.07, 6.45) is 1.70. The Morgan fingerprint density at radius 3 is 2.62 bits per heavy atom. The van der Waals surface area contributed by atoms with Crippen LogP contribution in [0.25, 0.3) is 6.08 Å². The Bertz CT molecular complexity index is 766. The van der Waals surface area contributed by atoms with Crippen molar-refractivity contribution in [2.45, 2.75) is 0 Å². The topological polar surface area (TPSA) is 41.5 Å². The zero-order chi connectivity index (χ0) is 14.8. The molecule has 0 unspecified atom stereocenters. The lowest BCUT2D eigenvalue weighted by Gasteiger charge is -1.99. The second-order valence-corrected chi connectivity index (χ2v) is 5.42. The first-order chi connectivity index (χ1) is 10.1. The van der Waals surface area contributed by atoms with Gasteiger partial charge in [0.15, 0.2) is 0 Å². The molecule has 2 aromatic carbocycles. The van der Waals surface area contributed by atoms with Gasteiger partial charge < -0.3 is 5.32 Å². The molecule has 0 spiro atoms. The van der Waals surface area contributed by atoms with Crippen molar-refractivity contribution in [2.24, 2.45) is 4.99 Å². The first-order valence-electron chi connectivity index (χ1n) is 6.25. The van der Waals surface area contributed by atoms with Crippen LogP contribution >= 0.6 is 15.9 Å². The summed E-state index contributed by atoms with van der Waals surface area (Å²) in [6.45, 7) is 0. The zero-order valence-electron chi connectivity index (χ0n) is 10.8. The number of amides is 1. The van der Waals surface area contributed by atoms with Crippen LogP contribution in [-0.4, -0.2) is 11.7 Å². The van der Waals surface area contributed by atoms with Crippen molar-refractivity contribution in [3.05, 3.63) is 75.6 Å². The zero-order valence-corrected chi connectivity index (χ0v) is 12.4. The fraction of sp³-hybridized carbons (Fsp3) is 0. The van der Waals surface area contributed by atoms with Gasteiger partial charge in [0.1, 0.15) is 17.3 Å². The molecule has 0 aliphatic carbocycles. The number of rotatable bonds is 2. The van der Waals surface area contributed by atoms with Crippen LogP contribution in [0.4, 0.5) is 4.39 Å². The maximum Gasteiger partial charge on any atom is 0.275 e. The minimum absolute atomic E-state index is 0.269. The number of amidine groups is 1. The van der Waals surface area contributed by atoms with E-state index in [2.05, 4.69) is 26.2 Å². The molecule has 0 radical (unpaired) electrons. The predicted octanol–water partition coefficient (Wildman–Crippen LogP) is 3.51. The monoisotopic (exact) mass is 344 g/mol. The van der Waals surface area contributed by atoms with Crippen molar-refractivity contribution in [3.8, 4) is 0 Å². The molecule has 1 N–H and O–H groups in total. The molecule has 2 aromatic rings. The summed E-state index contributed by atoms with van der Waals surface area (Å²) < 4.78 is 13.8. The first-order valence-corrected chi connectivity index (χ1v) is 7.04. The Labute approximate surface area is 129 Å². The van der Waals surface area contributed by atoms with Crippen LogP contribution in [-0.2, 0) is 4.79 Å². The van der Waals surface area contributed by atoms with Crippen molar-refractivity contribution in [3.63, 3.8) is 0 Å². The molecule has 0 bridgehead atoms. The number of carbonyl (C=O) groups is 1. The van der Waals surface area contributed by atoms with Crippen molar-refractivity contribution < 1.29 is 9.18 Å². The van der Waals surface area contributed by atoms with E-state index in [1.54, 1.807) is 18.2 Å². The second-order valence-electron chi connectivity index (χ2n) is 4.51. The van der Waals surface area contributed by atoms with Crippen LogP contribution in [0, 0.1) is 5.82 Å². The van der Waals surface area contributed by atoms with Gasteiger partial charge in [-0.15, -0.1) is 0 Å². The van der Waals surface area contributed by atoms with Gasteiger partial charge in [-0.2, -0.15) is 0 Å². The largest absolute Gasteiger partial charge is 0.305 e. The number of aliphatic imine (C=N–C) groups is 1. The quantitative estimate of drug-likeness (QED) is 0.832. The van der Waals surface area contributed by atoms with Crippen LogP contribution < -0.4 is 5.32 Å². The highest BCUT2D eigenvalue weighted by molar-refractivity contribution is 9.10. The van der Waals surface area contributed by atoms with Gasteiger partial charge >= 0.3 is 0 Å². The lowest BCUT2D eigenvalue weighted by molar-refractivity contribution is -0.115. The highest BCUT2D eigenvalue weighted by Crippen LogP contribution is 2.18. The molecule has 0 saturated heterocycles. The number of benzene rings is 2.